The molecule has 1 atom stereocenters. The average Bonchev–Trinajstić information content (AvgIpc) is 2.49. The van der Waals surface area contributed by atoms with Gasteiger partial charge in [0, 0.05) is 20.3 Å². The molecule has 1 rings (SSSR count). The van der Waals surface area contributed by atoms with Crippen molar-refractivity contribution in [1.29, 1.82) is 0 Å². The third-order valence-corrected chi connectivity index (χ3v) is 4.08. The van der Waals surface area contributed by atoms with E-state index in [-0.39, 0.29) is 11.9 Å². The Labute approximate surface area is 123 Å². The number of amides is 1. The first-order valence-corrected chi connectivity index (χ1v) is 7.90. The molecular weight excluding hydrogens is 254 g/mol. The number of carbonyl (C=O) groups excluding carboxylic acids is 1. The summed E-state index contributed by atoms with van der Waals surface area (Å²) in [6, 6.07) is -0.0161. The zero-order chi connectivity index (χ0) is 14.8. The third-order valence-electron chi connectivity index (χ3n) is 4.08. The molecule has 20 heavy (non-hydrogen) atoms. The number of likely N-dealkylation sites (tertiary alicyclic amines) is 1. The molecule has 1 saturated heterocycles. The van der Waals surface area contributed by atoms with Gasteiger partial charge in [0.15, 0.2) is 0 Å². The topological polar surface area (TPSA) is 53.6 Å². The van der Waals surface area contributed by atoms with Gasteiger partial charge in [-0.05, 0) is 58.3 Å². The minimum absolute atomic E-state index is 0.0161. The third kappa shape index (κ3) is 6.20. The minimum atomic E-state index is -0.0161. The zero-order valence-electron chi connectivity index (χ0n) is 13.3. The van der Waals surface area contributed by atoms with Gasteiger partial charge >= 0.3 is 0 Å². The molecular formula is C15H31N3O2. The van der Waals surface area contributed by atoms with Crippen molar-refractivity contribution < 1.29 is 9.53 Å². The summed E-state index contributed by atoms with van der Waals surface area (Å²) < 4.78 is 4.98. The summed E-state index contributed by atoms with van der Waals surface area (Å²) in [5.74, 6) is 0.911. The van der Waals surface area contributed by atoms with Gasteiger partial charge in [0.1, 0.15) is 0 Å². The lowest BCUT2D eigenvalue weighted by Gasteiger charge is -2.35. The first-order valence-electron chi connectivity index (χ1n) is 7.90. The minimum Gasteiger partial charge on any atom is -0.385 e. The van der Waals surface area contributed by atoms with Crippen LogP contribution in [-0.4, -0.2) is 63.3 Å². The number of ether oxygens (including phenoxy) is 1. The predicted molar refractivity (Wildman–Crippen MR) is 81.8 cm³/mol. The number of hydrogen-bond acceptors (Lipinski definition) is 4. The zero-order valence-corrected chi connectivity index (χ0v) is 13.3. The molecule has 0 saturated carbocycles. The van der Waals surface area contributed by atoms with E-state index in [1.54, 1.807) is 7.11 Å². The Balaban J connectivity index is 2.20. The quantitative estimate of drug-likeness (QED) is 0.617. The van der Waals surface area contributed by atoms with Crippen LogP contribution >= 0.6 is 0 Å². The lowest BCUT2D eigenvalue weighted by molar-refractivity contribution is -0.126. The fraction of sp³-hybridized carbons (Fsp3) is 0.933. The molecule has 2 N–H and O–H groups in total. The first-order chi connectivity index (χ1) is 9.69. The lowest BCUT2D eigenvalue weighted by atomic mass is 9.95. The van der Waals surface area contributed by atoms with Crippen molar-refractivity contribution in [2.75, 3.05) is 46.4 Å². The normalized spacial score (nSPS) is 18.9. The van der Waals surface area contributed by atoms with Gasteiger partial charge in [-0.1, -0.05) is 6.92 Å². The molecule has 1 amide bonds. The van der Waals surface area contributed by atoms with E-state index in [1.807, 2.05) is 6.92 Å². The summed E-state index contributed by atoms with van der Waals surface area (Å²) in [5, 5.41) is 6.40. The van der Waals surface area contributed by atoms with Crippen molar-refractivity contribution in [2.45, 2.75) is 39.2 Å². The van der Waals surface area contributed by atoms with Gasteiger partial charge < -0.3 is 15.4 Å². The fourth-order valence-electron chi connectivity index (χ4n) is 2.63. The van der Waals surface area contributed by atoms with Gasteiger partial charge in [0.2, 0.25) is 5.91 Å². The van der Waals surface area contributed by atoms with E-state index in [1.165, 1.54) is 12.8 Å². The van der Waals surface area contributed by atoms with Crippen molar-refractivity contribution in [3.05, 3.63) is 0 Å². The second-order valence-corrected chi connectivity index (χ2v) is 5.60. The smallest absolute Gasteiger partial charge is 0.237 e. The van der Waals surface area contributed by atoms with E-state index < -0.39 is 0 Å². The Hall–Kier alpha value is -0.650. The largest absolute Gasteiger partial charge is 0.385 e. The molecule has 0 spiro atoms. The highest BCUT2D eigenvalue weighted by Gasteiger charge is 2.25. The summed E-state index contributed by atoms with van der Waals surface area (Å²) in [5.41, 5.74) is 0. The van der Waals surface area contributed by atoms with Gasteiger partial charge in [0.05, 0.1) is 6.04 Å². The van der Waals surface area contributed by atoms with Gasteiger partial charge in [0.25, 0.3) is 0 Å². The maximum absolute atomic E-state index is 12.1. The monoisotopic (exact) mass is 285 g/mol. The van der Waals surface area contributed by atoms with Crippen molar-refractivity contribution in [1.82, 2.24) is 15.5 Å². The van der Waals surface area contributed by atoms with Crippen molar-refractivity contribution in [2.24, 2.45) is 5.92 Å². The Morgan fingerprint density at radius 2 is 2.10 bits per heavy atom. The maximum Gasteiger partial charge on any atom is 0.237 e. The number of nitrogens with one attached hydrogen (secondary N) is 2. The van der Waals surface area contributed by atoms with Gasteiger partial charge in [-0.3, -0.25) is 9.69 Å². The molecule has 0 bridgehead atoms. The maximum atomic E-state index is 12.1. The summed E-state index contributed by atoms with van der Waals surface area (Å²) in [4.78, 5) is 14.4. The number of nitrogens with zero attached hydrogens (tertiary/aromatic N) is 1. The number of piperidine rings is 1. The van der Waals surface area contributed by atoms with Crippen LogP contribution in [0.5, 0.6) is 0 Å². The van der Waals surface area contributed by atoms with Crippen LogP contribution in [0.4, 0.5) is 0 Å². The van der Waals surface area contributed by atoms with Crippen LogP contribution in [0.25, 0.3) is 0 Å². The van der Waals surface area contributed by atoms with E-state index in [0.29, 0.717) is 13.2 Å². The summed E-state index contributed by atoms with van der Waals surface area (Å²) in [7, 11) is 1.68. The average molecular weight is 285 g/mol. The molecule has 5 heteroatoms. The highest BCUT2D eigenvalue weighted by molar-refractivity contribution is 5.81. The number of rotatable bonds is 9. The molecule has 1 aliphatic rings. The molecule has 5 nitrogen and oxygen atoms in total. The van der Waals surface area contributed by atoms with Crippen LogP contribution in [0.1, 0.15) is 33.1 Å². The van der Waals surface area contributed by atoms with Gasteiger partial charge in [-0.25, -0.2) is 0 Å². The molecule has 1 aliphatic heterocycles. The van der Waals surface area contributed by atoms with Crippen LogP contribution in [0.3, 0.4) is 0 Å². The van der Waals surface area contributed by atoms with Crippen LogP contribution in [-0.2, 0) is 9.53 Å². The molecule has 118 valence electrons. The molecule has 0 aromatic carbocycles. The van der Waals surface area contributed by atoms with Gasteiger partial charge in [-0.2, -0.15) is 0 Å². The number of methoxy groups -OCH3 is 1. The second kappa shape index (κ2) is 10.1. The SMILES string of the molecule is CCNCC1CCN(C(C)C(=O)NCCCOC)CC1. The predicted octanol–water partition coefficient (Wildman–Crippen LogP) is 0.849. The summed E-state index contributed by atoms with van der Waals surface area (Å²) >= 11 is 0. The Kier molecular flexibility index (Phi) is 8.82. The number of carbonyl (C=O) groups is 1. The van der Waals surface area contributed by atoms with E-state index in [2.05, 4.69) is 22.5 Å². The molecule has 0 aromatic heterocycles. The molecule has 1 unspecified atom stereocenters. The fourth-order valence-corrected chi connectivity index (χ4v) is 2.63. The van der Waals surface area contributed by atoms with Gasteiger partial charge in [-0.15, -0.1) is 0 Å². The van der Waals surface area contributed by atoms with E-state index in [4.69, 9.17) is 4.74 Å². The highest BCUT2D eigenvalue weighted by atomic mass is 16.5. The molecule has 1 heterocycles. The first kappa shape index (κ1) is 17.4. The molecule has 0 aliphatic carbocycles. The van der Waals surface area contributed by atoms with Crippen LogP contribution < -0.4 is 10.6 Å². The summed E-state index contributed by atoms with van der Waals surface area (Å²) in [6.07, 6.45) is 3.25. The molecule has 0 radical (unpaired) electrons. The Morgan fingerprint density at radius 3 is 2.70 bits per heavy atom. The van der Waals surface area contributed by atoms with Crippen LogP contribution in [0, 0.1) is 5.92 Å². The summed E-state index contributed by atoms with van der Waals surface area (Å²) in [6.45, 7) is 9.77. The van der Waals surface area contributed by atoms with E-state index in [9.17, 15) is 4.79 Å². The van der Waals surface area contributed by atoms with Crippen molar-refractivity contribution in [3.63, 3.8) is 0 Å². The van der Waals surface area contributed by atoms with E-state index in [0.717, 1.165) is 38.5 Å². The molecule has 1 fully saturated rings. The number of hydrogen-bond donors (Lipinski definition) is 2. The standard InChI is InChI=1S/C15H31N3O2/c1-4-16-12-14-6-9-18(10-7-14)13(2)15(19)17-8-5-11-20-3/h13-14,16H,4-12H2,1-3H3,(H,17,19). The van der Waals surface area contributed by atoms with Crippen LogP contribution in [0.2, 0.25) is 0 Å². The Bertz CT molecular complexity index is 266. The molecule has 0 aromatic rings. The lowest BCUT2D eigenvalue weighted by Crippen LogP contribution is -2.49. The van der Waals surface area contributed by atoms with Crippen molar-refractivity contribution >= 4 is 5.91 Å². The van der Waals surface area contributed by atoms with Crippen LogP contribution in [0.15, 0.2) is 0 Å². The highest BCUT2D eigenvalue weighted by Crippen LogP contribution is 2.18. The van der Waals surface area contributed by atoms with E-state index >= 15 is 0 Å². The van der Waals surface area contributed by atoms with Crippen molar-refractivity contribution in [3.8, 4) is 0 Å². The second-order valence-electron chi connectivity index (χ2n) is 5.60. The Morgan fingerprint density at radius 1 is 1.40 bits per heavy atom.